The van der Waals surface area contributed by atoms with Crippen molar-refractivity contribution < 1.29 is 37.1 Å². The van der Waals surface area contributed by atoms with Gasteiger partial charge in [-0.25, -0.2) is 9.59 Å². The molecule has 1 rings (SSSR count). The Bertz CT molecular complexity index is 558. The second kappa shape index (κ2) is 6.62. The van der Waals surface area contributed by atoms with Crippen molar-refractivity contribution >= 4 is 12.1 Å². The molecule has 21 heavy (non-hydrogen) atoms. The molecule has 1 N–H and O–H groups in total. The summed E-state index contributed by atoms with van der Waals surface area (Å²) in [6.07, 6.45) is -2.06. The highest BCUT2D eigenvalue weighted by Gasteiger charge is 2.45. The number of hydrogen-bond acceptors (Lipinski definition) is 5. The number of amides is 1. The molecule has 0 aromatic heterocycles. The summed E-state index contributed by atoms with van der Waals surface area (Å²) in [5.74, 6) is -1.77. The second-order valence-corrected chi connectivity index (χ2v) is 5.75. The SMILES string of the molecule is [2H]C([2H])([2H])COC[C@@H]1CN(C(=O)OC(C)(C)C)C[C@@](C(=O)O)(C([2H])([2H])[2H])O1. The van der Waals surface area contributed by atoms with Crippen LogP contribution in [0.1, 0.15) is 42.7 Å². The third-order valence-corrected chi connectivity index (χ3v) is 2.61. The number of rotatable bonds is 4. The number of hydrogen-bond donors (Lipinski definition) is 1. The fourth-order valence-corrected chi connectivity index (χ4v) is 1.80. The van der Waals surface area contributed by atoms with Crippen LogP contribution in [0.3, 0.4) is 0 Å². The molecule has 1 aliphatic heterocycles. The van der Waals surface area contributed by atoms with Crippen LogP contribution in [0.15, 0.2) is 0 Å². The monoisotopic (exact) mass is 309 g/mol. The first-order valence-electron chi connectivity index (χ1n) is 9.44. The summed E-state index contributed by atoms with van der Waals surface area (Å²) in [4.78, 5) is 25.1. The zero-order valence-corrected chi connectivity index (χ0v) is 12.3. The Morgan fingerprint density at radius 3 is 2.76 bits per heavy atom. The third kappa shape index (κ3) is 5.17. The Morgan fingerprint density at radius 1 is 1.52 bits per heavy atom. The quantitative estimate of drug-likeness (QED) is 0.847. The summed E-state index contributed by atoms with van der Waals surface area (Å²) < 4.78 is 59.6. The van der Waals surface area contributed by atoms with Crippen LogP contribution >= 0.6 is 0 Å². The van der Waals surface area contributed by atoms with Crippen molar-refractivity contribution in [3.8, 4) is 0 Å². The number of carboxylic acids is 1. The van der Waals surface area contributed by atoms with Gasteiger partial charge in [-0.15, -0.1) is 0 Å². The number of carbonyl (C=O) groups excluding carboxylic acids is 1. The maximum atomic E-state index is 12.4. The van der Waals surface area contributed by atoms with Gasteiger partial charge in [-0.1, -0.05) is 0 Å². The lowest BCUT2D eigenvalue weighted by Gasteiger charge is -2.42. The van der Waals surface area contributed by atoms with Crippen molar-refractivity contribution in [2.45, 2.75) is 51.8 Å². The normalized spacial score (nSPS) is 32.0. The summed E-state index contributed by atoms with van der Waals surface area (Å²) in [6, 6.07) is 0. The van der Waals surface area contributed by atoms with Crippen molar-refractivity contribution in [3.05, 3.63) is 0 Å². The number of carboxylic acid groups (broad SMARTS) is 1. The molecule has 0 bridgehead atoms. The standard InChI is InChI=1S/C14H25NO6/c1-6-19-8-10-7-15(12(18)21-13(2,3)4)9-14(5,20-10)11(16)17/h10H,6-9H2,1-5H3,(H,16,17)/t10-,14+/m0/s1/i1D3,5D3. The molecular weight excluding hydrogens is 278 g/mol. The maximum Gasteiger partial charge on any atom is 0.410 e. The van der Waals surface area contributed by atoms with Gasteiger partial charge in [-0.2, -0.15) is 0 Å². The molecule has 0 saturated carbocycles. The van der Waals surface area contributed by atoms with Crippen LogP contribution in [-0.2, 0) is 19.0 Å². The number of ether oxygens (including phenoxy) is 3. The van der Waals surface area contributed by atoms with E-state index in [4.69, 9.17) is 22.4 Å². The van der Waals surface area contributed by atoms with Gasteiger partial charge in [0, 0.05) is 14.8 Å². The van der Waals surface area contributed by atoms with Crippen molar-refractivity contribution in [1.29, 1.82) is 0 Å². The Morgan fingerprint density at radius 2 is 2.24 bits per heavy atom. The molecule has 0 aromatic carbocycles. The molecule has 0 radical (unpaired) electrons. The van der Waals surface area contributed by atoms with Gasteiger partial charge in [0.25, 0.3) is 0 Å². The fourth-order valence-electron chi connectivity index (χ4n) is 1.80. The van der Waals surface area contributed by atoms with E-state index in [-0.39, 0.29) is 6.54 Å². The average Bonchev–Trinajstić information content (AvgIpc) is 2.42. The molecular formula is C14H25NO6. The molecule has 1 heterocycles. The Kier molecular flexibility index (Phi) is 3.28. The molecule has 2 atom stereocenters. The minimum absolute atomic E-state index is 0.207. The van der Waals surface area contributed by atoms with E-state index in [0.717, 1.165) is 4.90 Å². The lowest BCUT2D eigenvalue weighted by Crippen LogP contribution is -2.60. The number of morpholine rings is 1. The van der Waals surface area contributed by atoms with E-state index < -0.39 is 62.8 Å². The summed E-state index contributed by atoms with van der Waals surface area (Å²) in [7, 11) is 0. The predicted octanol–water partition coefficient (Wildman–Crippen LogP) is 1.50. The highest BCUT2D eigenvalue weighted by molar-refractivity contribution is 5.79. The van der Waals surface area contributed by atoms with Gasteiger partial charge >= 0.3 is 12.1 Å². The van der Waals surface area contributed by atoms with Crippen molar-refractivity contribution in [1.82, 2.24) is 4.90 Å². The minimum atomic E-state index is -3.10. The first kappa shape index (κ1) is 10.4. The van der Waals surface area contributed by atoms with Crippen LogP contribution in [0, 0.1) is 0 Å². The molecule has 1 aliphatic rings. The van der Waals surface area contributed by atoms with E-state index in [2.05, 4.69) is 0 Å². The highest BCUT2D eigenvalue weighted by atomic mass is 16.6. The van der Waals surface area contributed by atoms with Gasteiger partial charge < -0.3 is 24.2 Å². The molecule has 0 unspecified atom stereocenters. The van der Waals surface area contributed by atoms with Crippen LogP contribution in [-0.4, -0.2) is 65.7 Å². The van der Waals surface area contributed by atoms with Crippen LogP contribution in [0.5, 0.6) is 0 Å². The smallest absolute Gasteiger partial charge is 0.410 e. The lowest BCUT2D eigenvalue weighted by atomic mass is 10.0. The van der Waals surface area contributed by atoms with Crippen molar-refractivity contribution in [2.75, 3.05) is 26.3 Å². The molecule has 1 saturated heterocycles. The third-order valence-electron chi connectivity index (χ3n) is 2.61. The minimum Gasteiger partial charge on any atom is -0.479 e. The van der Waals surface area contributed by atoms with Gasteiger partial charge in [0.1, 0.15) is 11.7 Å². The van der Waals surface area contributed by atoms with E-state index in [1.165, 1.54) is 0 Å². The van der Waals surface area contributed by atoms with Crippen LogP contribution in [0.25, 0.3) is 0 Å². The molecule has 122 valence electrons. The van der Waals surface area contributed by atoms with Gasteiger partial charge in [0.05, 0.1) is 19.7 Å². The van der Waals surface area contributed by atoms with Gasteiger partial charge in [-0.05, 0) is 34.5 Å². The molecule has 1 amide bonds. The van der Waals surface area contributed by atoms with Crippen LogP contribution in [0.4, 0.5) is 4.79 Å². The first-order chi connectivity index (χ1) is 12.0. The van der Waals surface area contributed by atoms with Crippen LogP contribution < -0.4 is 0 Å². The van der Waals surface area contributed by atoms with E-state index >= 15 is 0 Å². The highest BCUT2D eigenvalue weighted by Crippen LogP contribution is 2.24. The molecule has 0 aromatic rings. The van der Waals surface area contributed by atoms with Crippen LogP contribution in [0.2, 0.25) is 0 Å². The largest absolute Gasteiger partial charge is 0.479 e. The lowest BCUT2D eigenvalue weighted by molar-refractivity contribution is -0.192. The van der Waals surface area contributed by atoms with Crippen molar-refractivity contribution in [2.24, 2.45) is 0 Å². The summed E-state index contributed by atoms with van der Waals surface area (Å²) in [5.41, 5.74) is -3.56. The van der Waals surface area contributed by atoms with E-state index in [1.807, 2.05) is 0 Å². The summed E-state index contributed by atoms with van der Waals surface area (Å²) >= 11 is 0. The topological polar surface area (TPSA) is 85.3 Å². The fraction of sp³-hybridized carbons (Fsp3) is 0.857. The Balaban J connectivity index is 3.08. The van der Waals surface area contributed by atoms with Gasteiger partial charge in [-0.3, -0.25) is 0 Å². The average molecular weight is 309 g/mol. The van der Waals surface area contributed by atoms with E-state index in [0.29, 0.717) is 0 Å². The van der Waals surface area contributed by atoms with E-state index in [9.17, 15) is 14.7 Å². The van der Waals surface area contributed by atoms with Gasteiger partial charge in [0.2, 0.25) is 0 Å². The Hall–Kier alpha value is -1.34. The predicted molar refractivity (Wildman–Crippen MR) is 75.2 cm³/mol. The summed E-state index contributed by atoms with van der Waals surface area (Å²) in [5, 5.41) is 9.53. The molecule has 7 nitrogen and oxygen atoms in total. The zero-order valence-electron chi connectivity index (χ0n) is 18.3. The first-order valence-corrected chi connectivity index (χ1v) is 6.44. The molecule has 0 spiro atoms. The zero-order chi connectivity index (χ0) is 21.3. The second-order valence-electron chi connectivity index (χ2n) is 5.75. The number of nitrogens with zero attached hydrogens (tertiary/aromatic N) is 1. The molecule has 1 fully saturated rings. The molecule has 7 heteroatoms. The summed E-state index contributed by atoms with van der Waals surface area (Å²) in [6.45, 7) is -2.64. The van der Waals surface area contributed by atoms with Crippen molar-refractivity contribution in [3.63, 3.8) is 0 Å². The Labute approximate surface area is 133 Å². The number of aliphatic carboxylic acids is 1. The van der Waals surface area contributed by atoms with Gasteiger partial charge in [0.15, 0.2) is 5.60 Å². The molecule has 0 aliphatic carbocycles. The van der Waals surface area contributed by atoms with E-state index in [1.54, 1.807) is 20.8 Å². The maximum absolute atomic E-state index is 12.4. The number of carbonyl (C=O) groups is 2.